The number of nitrogens with zero attached hydrogens (tertiary/aromatic N) is 2. The average Bonchev–Trinajstić information content (AvgIpc) is 3.91. The number of para-hydroxylation sites is 1. The van der Waals surface area contributed by atoms with Crippen LogP contribution in [-0.4, -0.2) is 6.04 Å². The normalized spacial score (nSPS) is 18.3. The molecule has 62 heavy (non-hydrogen) atoms. The molecule has 1 aromatic heterocycles. The number of anilines is 4. The molecule has 0 bridgehead atoms. The van der Waals surface area contributed by atoms with Crippen LogP contribution in [0.25, 0.3) is 55.3 Å². The molecule has 300 valence electrons. The summed E-state index contributed by atoms with van der Waals surface area (Å²) in [6.45, 7) is 13.4. The highest BCUT2D eigenvalue weighted by Gasteiger charge is 2.50. The Morgan fingerprint density at radius 3 is 2.15 bits per heavy atom. The van der Waals surface area contributed by atoms with Crippen LogP contribution in [0.1, 0.15) is 44.4 Å². The summed E-state index contributed by atoms with van der Waals surface area (Å²) >= 11 is 0. The molecule has 2 heterocycles. The summed E-state index contributed by atoms with van der Waals surface area (Å²) in [7, 11) is 0. The SMILES string of the molecule is C=C/C(=C\C=C/C)N(c1ccc(-c2cc3c(oc4ccccc43)c3c2C2(C)C=CC=CC2N3c2ccc(-c3ccccc3)cc2)cc1)c1ccc2c(c1)C(C)(C)c1ccccc1-2. The molecule has 2 unspecified atom stereocenters. The second-order valence-electron chi connectivity index (χ2n) is 17.5. The van der Waals surface area contributed by atoms with Crippen molar-refractivity contribution in [3.8, 4) is 33.4 Å². The quantitative estimate of drug-likeness (QED) is 0.143. The van der Waals surface area contributed by atoms with Gasteiger partial charge in [-0.05, 0) is 125 Å². The van der Waals surface area contributed by atoms with Crippen LogP contribution in [0.15, 0.2) is 217 Å². The van der Waals surface area contributed by atoms with Crippen LogP contribution in [0.2, 0.25) is 0 Å². The van der Waals surface area contributed by atoms with Crippen LogP contribution in [0.3, 0.4) is 0 Å². The molecule has 3 heteroatoms. The molecule has 11 rings (SSSR count). The molecule has 0 saturated heterocycles. The topological polar surface area (TPSA) is 19.6 Å². The van der Waals surface area contributed by atoms with E-state index in [1.165, 1.54) is 44.5 Å². The van der Waals surface area contributed by atoms with E-state index in [0.717, 1.165) is 55.9 Å². The number of hydrogen-bond donors (Lipinski definition) is 0. The molecule has 0 spiro atoms. The highest BCUT2D eigenvalue weighted by atomic mass is 16.3. The van der Waals surface area contributed by atoms with Gasteiger partial charge in [-0.25, -0.2) is 0 Å². The molecule has 3 aliphatic rings. The van der Waals surface area contributed by atoms with E-state index in [1.54, 1.807) is 0 Å². The fourth-order valence-corrected chi connectivity index (χ4v) is 10.5. The van der Waals surface area contributed by atoms with Crippen molar-refractivity contribution in [2.24, 2.45) is 0 Å². The largest absolute Gasteiger partial charge is 0.454 e. The van der Waals surface area contributed by atoms with Gasteiger partial charge in [0.15, 0.2) is 5.58 Å². The van der Waals surface area contributed by atoms with Crippen molar-refractivity contribution in [3.05, 3.63) is 229 Å². The minimum Gasteiger partial charge on any atom is -0.454 e. The van der Waals surface area contributed by atoms with Crippen LogP contribution in [0.5, 0.6) is 0 Å². The Morgan fingerprint density at radius 2 is 1.35 bits per heavy atom. The highest BCUT2D eigenvalue weighted by Crippen LogP contribution is 2.58. The Labute approximate surface area is 364 Å². The van der Waals surface area contributed by atoms with Crippen LogP contribution in [0, 0.1) is 0 Å². The third kappa shape index (κ3) is 5.65. The lowest BCUT2D eigenvalue weighted by atomic mass is 9.73. The van der Waals surface area contributed by atoms with Crippen molar-refractivity contribution in [2.75, 3.05) is 9.80 Å². The molecule has 0 N–H and O–H groups in total. The Balaban J connectivity index is 1.08. The van der Waals surface area contributed by atoms with Gasteiger partial charge in [-0.3, -0.25) is 0 Å². The molecule has 0 saturated carbocycles. The van der Waals surface area contributed by atoms with E-state index >= 15 is 0 Å². The lowest BCUT2D eigenvalue weighted by molar-refractivity contribution is 0.551. The molecular weight excluding hydrogens is 753 g/mol. The third-order valence-electron chi connectivity index (χ3n) is 13.6. The van der Waals surface area contributed by atoms with Gasteiger partial charge in [-0.1, -0.05) is 160 Å². The van der Waals surface area contributed by atoms with E-state index in [0.29, 0.717) is 0 Å². The first kappa shape index (κ1) is 37.6. The maximum atomic E-state index is 6.90. The van der Waals surface area contributed by atoms with Crippen LogP contribution >= 0.6 is 0 Å². The Bertz CT molecular complexity index is 3190. The fraction of sp³-hybridized carbons (Fsp3) is 0.119. The zero-order valence-electron chi connectivity index (χ0n) is 35.6. The van der Waals surface area contributed by atoms with E-state index in [9.17, 15) is 0 Å². The molecule has 1 aliphatic heterocycles. The van der Waals surface area contributed by atoms with Crippen molar-refractivity contribution in [3.63, 3.8) is 0 Å². The molecule has 7 aromatic carbocycles. The van der Waals surface area contributed by atoms with Crippen molar-refractivity contribution < 1.29 is 4.42 Å². The smallest absolute Gasteiger partial charge is 0.159 e. The predicted molar refractivity (Wildman–Crippen MR) is 262 cm³/mol. The van der Waals surface area contributed by atoms with E-state index in [4.69, 9.17) is 4.42 Å². The van der Waals surface area contributed by atoms with Gasteiger partial charge < -0.3 is 14.2 Å². The maximum Gasteiger partial charge on any atom is 0.159 e. The monoisotopic (exact) mass is 800 g/mol. The zero-order chi connectivity index (χ0) is 42.2. The van der Waals surface area contributed by atoms with Crippen LogP contribution in [-0.2, 0) is 10.8 Å². The van der Waals surface area contributed by atoms with Crippen molar-refractivity contribution >= 4 is 44.7 Å². The van der Waals surface area contributed by atoms with E-state index in [-0.39, 0.29) is 16.9 Å². The number of hydrogen-bond acceptors (Lipinski definition) is 3. The molecular formula is C59H48N2O. The van der Waals surface area contributed by atoms with E-state index < -0.39 is 0 Å². The summed E-state index contributed by atoms with van der Waals surface area (Å²) in [5.41, 5.74) is 18.1. The van der Waals surface area contributed by atoms with Crippen LogP contribution in [0.4, 0.5) is 22.7 Å². The first-order chi connectivity index (χ1) is 30.3. The van der Waals surface area contributed by atoms with Crippen molar-refractivity contribution in [1.82, 2.24) is 0 Å². The van der Waals surface area contributed by atoms with Gasteiger partial charge in [0.25, 0.3) is 0 Å². The number of rotatable bonds is 8. The number of benzene rings is 7. The standard InChI is InChI=1S/C59H48N2O/c1-6-8-20-42(7-2)60(45-34-35-47-46-21-12-14-23-51(46)58(3,4)52(47)37-45)43-32-28-41(29-33-43)49-38-50-48-22-13-15-24-53(48)62-57(50)56-55(49)59(5)36-17-16-25-54(59)61(56)44-30-26-40(27-31-44)39-18-10-9-11-19-39/h6-38,54H,2H2,1,3-5H3/b8-6-,42-20+. The molecule has 0 radical (unpaired) electrons. The van der Waals surface area contributed by atoms with Gasteiger partial charge in [0.05, 0.1) is 11.7 Å². The van der Waals surface area contributed by atoms with Gasteiger partial charge in [0.2, 0.25) is 0 Å². The van der Waals surface area contributed by atoms with Crippen molar-refractivity contribution in [1.29, 1.82) is 0 Å². The summed E-state index contributed by atoms with van der Waals surface area (Å²) in [6, 6.07) is 55.4. The maximum absolute atomic E-state index is 6.90. The number of furan rings is 1. The molecule has 0 fully saturated rings. The minimum absolute atomic E-state index is 0.0412. The lowest BCUT2D eigenvalue weighted by Crippen LogP contribution is -2.39. The first-order valence-corrected chi connectivity index (χ1v) is 21.7. The fourth-order valence-electron chi connectivity index (χ4n) is 10.5. The molecule has 8 aromatic rings. The Hall–Kier alpha value is -7.36. The summed E-state index contributed by atoms with van der Waals surface area (Å²) in [6.07, 6.45) is 17.4. The summed E-state index contributed by atoms with van der Waals surface area (Å²) in [4.78, 5) is 4.85. The number of allylic oxidation sites excluding steroid dienone is 6. The average molecular weight is 801 g/mol. The lowest BCUT2D eigenvalue weighted by Gasteiger charge is -2.35. The highest BCUT2D eigenvalue weighted by molar-refractivity contribution is 6.14. The number of fused-ring (bicyclic) bond motifs is 10. The second-order valence-corrected chi connectivity index (χ2v) is 17.5. The molecule has 2 aliphatic carbocycles. The summed E-state index contributed by atoms with van der Waals surface area (Å²) in [5.74, 6) is 0. The van der Waals surface area contributed by atoms with Crippen LogP contribution < -0.4 is 9.80 Å². The van der Waals surface area contributed by atoms with Gasteiger partial charge in [-0.2, -0.15) is 0 Å². The summed E-state index contributed by atoms with van der Waals surface area (Å²) in [5, 5.41) is 2.23. The van der Waals surface area contributed by atoms with E-state index in [1.807, 2.05) is 13.0 Å². The first-order valence-electron chi connectivity index (χ1n) is 21.7. The van der Waals surface area contributed by atoms with Gasteiger partial charge in [-0.15, -0.1) is 0 Å². The van der Waals surface area contributed by atoms with E-state index in [2.05, 4.69) is 231 Å². The van der Waals surface area contributed by atoms with Crippen molar-refractivity contribution in [2.45, 2.75) is 44.6 Å². The third-order valence-corrected chi connectivity index (χ3v) is 13.6. The van der Waals surface area contributed by atoms with Gasteiger partial charge >= 0.3 is 0 Å². The predicted octanol–water partition coefficient (Wildman–Crippen LogP) is 15.9. The Kier molecular flexibility index (Phi) is 8.73. The van der Waals surface area contributed by atoms with Gasteiger partial charge in [0.1, 0.15) is 5.58 Å². The second kappa shape index (κ2) is 14.4. The zero-order valence-corrected chi connectivity index (χ0v) is 35.6. The minimum atomic E-state index is -0.338. The van der Waals surface area contributed by atoms with Gasteiger partial charge in [0, 0.05) is 44.4 Å². The molecule has 2 atom stereocenters. The summed E-state index contributed by atoms with van der Waals surface area (Å²) < 4.78 is 6.90. The molecule has 0 amide bonds. The Morgan fingerprint density at radius 1 is 0.661 bits per heavy atom. The molecule has 3 nitrogen and oxygen atoms in total.